The molecule has 0 amide bonds. The summed E-state index contributed by atoms with van der Waals surface area (Å²) in [5.41, 5.74) is 0. The molecule has 11 nitrogen and oxygen atoms in total. The molecule has 1 aromatic heterocycles. The number of hydrogen-bond acceptors (Lipinski definition) is 6. The average molecular weight is 352 g/mol. The van der Waals surface area contributed by atoms with Crippen molar-refractivity contribution in [3.05, 3.63) is 18.7 Å². The summed E-state index contributed by atoms with van der Waals surface area (Å²) in [6.45, 7) is -1.08. The second-order valence-corrected chi connectivity index (χ2v) is 6.97. The Labute approximate surface area is 157 Å². The molecule has 0 aromatic carbocycles. The van der Waals surface area contributed by atoms with Gasteiger partial charge in [-0.25, -0.2) is 4.98 Å². The molecule has 0 saturated carbocycles. The van der Waals surface area contributed by atoms with Gasteiger partial charge in [-0.15, -0.1) is 0 Å². The van der Waals surface area contributed by atoms with Crippen LogP contribution in [0.4, 0.5) is 0 Å². The third-order valence-corrected chi connectivity index (χ3v) is 5.47. The van der Waals surface area contributed by atoms with Crippen molar-refractivity contribution < 1.29 is 104 Å². The summed E-state index contributed by atoms with van der Waals surface area (Å²) < 4.78 is 22.5. The van der Waals surface area contributed by atoms with Crippen molar-refractivity contribution in [3.8, 4) is 0 Å². The first-order valence-electron chi connectivity index (χ1n) is 3.84. The second kappa shape index (κ2) is 10.2. The predicted octanol–water partition coefficient (Wildman–Crippen LogP) is -10.0. The van der Waals surface area contributed by atoms with Gasteiger partial charge in [0.05, 0.1) is 12.9 Å². The van der Waals surface area contributed by atoms with Crippen LogP contribution in [-0.2, 0) is 15.7 Å². The Morgan fingerprint density at radius 2 is 1.65 bits per heavy atom. The molecule has 20 heavy (non-hydrogen) atoms. The molecule has 0 spiro atoms. The fourth-order valence-electron chi connectivity index (χ4n) is 0.963. The first-order chi connectivity index (χ1) is 7.08. The van der Waals surface area contributed by atoms with Crippen LogP contribution in [0.2, 0.25) is 0 Å². The number of imidazole rings is 1. The van der Waals surface area contributed by atoms with Gasteiger partial charge in [-0.1, -0.05) is 0 Å². The molecule has 0 aliphatic rings. The van der Waals surface area contributed by atoms with Gasteiger partial charge in [0.25, 0.3) is 0 Å². The van der Waals surface area contributed by atoms with Gasteiger partial charge in [-0.05, 0) is 7.60 Å². The SMILES string of the molecule is O.O.O=P([O-])([O-])C(O)(Cn1ccnc1)P(=O)(O)O.[Na+].[Na+]. The summed E-state index contributed by atoms with van der Waals surface area (Å²) in [6.07, 6.45) is 3.35. The monoisotopic (exact) mass is 352 g/mol. The molecular weight excluding hydrogens is 340 g/mol. The minimum absolute atomic E-state index is 0. The first kappa shape index (κ1) is 29.4. The normalized spacial score (nSPS) is 13.7. The van der Waals surface area contributed by atoms with Crippen LogP contribution in [0.25, 0.3) is 0 Å². The van der Waals surface area contributed by atoms with Gasteiger partial charge in [0.1, 0.15) is 0 Å². The zero-order chi connectivity index (χ0) is 12.6. The Kier molecular flexibility index (Phi) is 15.0. The molecule has 0 fully saturated rings. The maximum Gasteiger partial charge on any atom is 1.00 e. The summed E-state index contributed by atoms with van der Waals surface area (Å²) >= 11 is 0. The number of aromatic nitrogens is 2. The van der Waals surface area contributed by atoms with Crippen molar-refractivity contribution in [2.24, 2.45) is 0 Å². The largest absolute Gasteiger partial charge is 1.00 e. The van der Waals surface area contributed by atoms with E-state index in [4.69, 9.17) is 9.79 Å². The summed E-state index contributed by atoms with van der Waals surface area (Å²) in [5, 5.41) is 5.69. The van der Waals surface area contributed by atoms with Crippen molar-refractivity contribution in [3.63, 3.8) is 0 Å². The Morgan fingerprint density at radius 1 is 1.20 bits per heavy atom. The van der Waals surface area contributed by atoms with Crippen LogP contribution in [-0.4, -0.2) is 40.5 Å². The van der Waals surface area contributed by atoms with E-state index in [1.54, 1.807) is 0 Å². The Bertz CT molecular complexity index is 435. The molecular formula is C5H12N2Na2O9P2. The Balaban J connectivity index is -0.000000320. The smallest absolute Gasteiger partial charge is 0.808 e. The molecule has 0 aliphatic carbocycles. The second-order valence-electron chi connectivity index (χ2n) is 3.05. The van der Waals surface area contributed by atoms with Crippen molar-refractivity contribution in [1.82, 2.24) is 9.55 Å². The molecule has 1 rings (SSSR count). The van der Waals surface area contributed by atoms with E-state index in [9.17, 15) is 24.0 Å². The number of hydrogen-bond donors (Lipinski definition) is 3. The minimum Gasteiger partial charge on any atom is -0.808 e. The Hall–Kier alpha value is 1.39. The van der Waals surface area contributed by atoms with E-state index in [-0.39, 0.29) is 70.1 Å². The van der Waals surface area contributed by atoms with Gasteiger partial charge in [0.2, 0.25) is 5.08 Å². The number of rotatable bonds is 4. The third-order valence-electron chi connectivity index (χ3n) is 1.86. The van der Waals surface area contributed by atoms with Crippen molar-refractivity contribution >= 4 is 15.2 Å². The van der Waals surface area contributed by atoms with Crippen LogP contribution in [0.3, 0.4) is 0 Å². The molecule has 0 radical (unpaired) electrons. The topological polar surface area (TPSA) is 222 Å². The first-order valence-corrected chi connectivity index (χ1v) is 6.99. The quantitative estimate of drug-likeness (QED) is 0.347. The standard InChI is InChI=1S/C5H10N2O7P2.2Na.2H2O/c8-5(15(9,10)11,16(12,13)14)3-7-2-1-6-4-7;;;;/h1-2,4,8H,3H2,(H2,9,10,11)(H2,12,13,14);;;2*1H2/q;2*+1;;/p-2. The van der Waals surface area contributed by atoms with E-state index in [1.165, 1.54) is 6.20 Å². The van der Waals surface area contributed by atoms with E-state index >= 15 is 0 Å². The fraction of sp³-hybridized carbons (Fsp3) is 0.400. The predicted molar refractivity (Wildman–Crippen MR) is 54.1 cm³/mol. The minimum atomic E-state index is -5.91. The maximum atomic E-state index is 10.9. The summed E-state index contributed by atoms with van der Waals surface area (Å²) in [7, 11) is -11.4. The van der Waals surface area contributed by atoms with Crippen molar-refractivity contribution in [2.75, 3.05) is 0 Å². The molecule has 1 unspecified atom stereocenters. The third kappa shape index (κ3) is 6.66. The summed E-state index contributed by atoms with van der Waals surface area (Å²) in [4.78, 5) is 42.4. The zero-order valence-corrected chi connectivity index (χ0v) is 16.5. The van der Waals surface area contributed by atoms with Crippen LogP contribution < -0.4 is 68.9 Å². The van der Waals surface area contributed by atoms with Crippen molar-refractivity contribution in [1.29, 1.82) is 0 Å². The van der Waals surface area contributed by atoms with Gasteiger partial charge in [-0.3, -0.25) is 4.57 Å². The molecule has 1 heterocycles. The van der Waals surface area contributed by atoms with E-state index in [1.807, 2.05) is 0 Å². The molecule has 0 aliphatic heterocycles. The molecule has 15 heteroatoms. The molecule has 0 bridgehead atoms. The van der Waals surface area contributed by atoms with E-state index in [0.717, 1.165) is 17.1 Å². The summed E-state index contributed by atoms with van der Waals surface area (Å²) in [5.74, 6) is 0. The van der Waals surface area contributed by atoms with Gasteiger partial charge in [0.15, 0.2) is 0 Å². The zero-order valence-electron chi connectivity index (χ0n) is 10.7. The molecule has 108 valence electrons. The van der Waals surface area contributed by atoms with Crippen LogP contribution >= 0.6 is 15.2 Å². The summed E-state index contributed by atoms with van der Waals surface area (Å²) in [6, 6.07) is 0. The molecule has 0 saturated heterocycles. The number of aliphatic hydroxyl groups is 1. The van der Waals surface area contributed by atoms with Crippen LogP contribution in [0.1, 0.15) is 0 Å². The average Bonchev–Trinajstić information content (AvgIpc) is 2.52. The van der Waals surface area contributed by atoms with Gasteiger partial charge < -0.3 is 44.8 Å². The maximum absolute atomic E-state index is 10.9. The fourth-order valence-corrected chi connectivity index (χ4v) is 2.92. The van der Waals surface area contributed by atoms with E-state index < -0.39 is 26.8 Å². The van der Waals surface area contributed by atoms with Gasteiger partial charge in [-0.2, -0.15) is 0 Å². The Morgan fingerprint density at radius 3 is 1.90 bits per heavy atom. The molecule has 7 N–H and O–H groups in total. The molecule has 1 atom stereocenters. The molecule has 1 aromatic rings. The van der Waals surface area contributed by atoms with Gasteiger partial charge in [0, 0.05) is 12.4 Å². The van der Waals surface area contributed by atoms with Crippen LogP contribution in [0.15, 0.2) is 18.7 Å². The van der Waals surface area contributed by atoms with Crippen LogP contribution in [0, 0.1) is 0 Å². The van der Waals surface area contributed by atoms with E-state index in [2.05, 4.69) is 4.98 Å². The van der Waals surface area contributed by atoms with Gasteiger partial charge >= 0.3 is 66.7 Å². The van der Waals surface area contributed by atoms with Crippen molar-refractivity contribution in [2.45, 2.75) is 11.6 Å². The van der Waals surface area contributed by atoms with Crippen LogP contribution in [0.5, 0.6) is 0 Å². The number of nitrogens with zero attached hydrogens (tertiary/aromatic N) is 2. The van der Waals surface area contributed by atoms with E-state index in [0.29, 0.717) is 0 Å².